The van der Waals surface area contributed by atoms with Crippen molar-refractivity contribution in [2.75, 3.05) is 40.8 Å². The van der Waals surface area contributed by atoms with Gasteiger partial charge in [-0.1, -0.05) is 18.2 Å². The zero-order valence-corrected chi connectivity index (χ0v) is 61.2. The molecule has 480 valence electrons. The van der Waals surface area contributed by atoms with E-state index in [0.29, 0.717) is 18.1 Å². The van der Waals surface area contributed by atoms with Gasteiger partial charge in [-0.25, -0.2) is 4.72 Å². The second kappa shape index (κ2) is 38.6. The summed E-state index contributed by atoms with van der Waals surface area (Å²) in [5, 5.41) is 41.5. The summed E-state index contributed by atoms with van der Waals surface area (Å²) in [4.78, 5) is 28.5. The molecule has 39 heteroatoms. The van der Waals surface area contributed by atoms with Gasteiger partial charge in [0.25, 0.3) is 5.91 Å². The molecule has 3 aromatic rings. The zero-order valence-electron chi connectivity index (χ0n) is 50.1. The molecule has 11 heterocycles. The molecule has 1 amide bonds. The number of aromatic nitrogens is 3. The Morgan fingerprint density at radius 2 is 0.809 bits per heavy atom. The first kappa shape index (κ1) is 82.7. The molecule has 11 rings (SSSR count). The van der Waals surface area contributed by atoms with E-state index in [4.69, 9.17) is 0 Å². The molecule has 0 bridgehead atoms. The van der Waals surface area contributed by atoms with Crippen LogP contribution in [0.25, 0.3) is 0 Å². The number of pyridine rings is 3. The number of likely N-dealkylation sites (tertiary alicyclic amines) is 3. The normalized spacial score (nSPS) is 23.8. The third kappa shape index (κ3) is 32.2. The predicted octanol–water partition coefficient (Wildman–Crippen LogP) is -7.88. The largest absolute Gasteiger partial charge is 1.00 e. The van der Waals surface area contributed by atoms with Gasteiger partial charge >= 0.3 is 154 Å². The molecule has 89 heavy (non-hydrogen) atoms. The predicted molar refractivity (Wildman–Crippen MR) is 309 cm³/mol. The number of nitrogens with zero attached hydrogens (tertiary/aromatic N) is 8. The van der Waals surface area contributed by atoms with Crippen molar-refractivity contribution in [3.63, 3.8) is 0 Å². The smallest absolute Gasteiger partial charge is 0.858 e. The third-order valence-electron chi connectivity index (χ3n) is 11.9. The molecular formula is C50H66ClK2N11O20S5. The van der Waals surface area contributed by atoms with Crippen molar-refractivity contribution in [1.82, 2.24) is 24.6 Å². The first-order valence-electron chi connectivity index (χ1n) is 25.7. The Morgan fingerprint density at radius 3 is 1.03 bits per heavy atom. The van der Waals surface area contributed by atoms with E-state index in [1.807, 2.05) is 55.4 Å². The van der Waals surface area contributed by atoms with Crippen molar-refractivity contribution in [2.45, 2.75) is 91.3 Å². The van der Waals surface area contributed by atoms with Gasteiger partial charge in [-0.05, 0) is 109 Å². The van der Waals surface area contributed by atoms with Crippen LogP contribution >= 0.6 is 12.4 Å². The second-order valence-electron chi connectivity index (χ2n) is 19.1. The molecule has 0 radical (unpaired) electrons. The van der Waals surface area contributed by atoms with Crippen molar-refractivity contribution >= 4 is 93.4 Å². The summed E-state index contributed by atoms with van der Waals surface area (Å²) in [5.41, 5.74) is 4.15. The minimum absolute atomic E-state index is 0. The summed E-state index contributed by atoms with van der Waals surface area (Å²) >= 11 is 0. The Kier molecular flexibility index (Phi) is 35.9. The van der Waals surface area contributed by atoms with Crippen LogP contribution in [0.1, 0.15) is 108 Å². The zero-order chi connectivity index (χ0) is 64.0. The molecular weight excluding hydrogens is 1350 g/mol. The number of allylic oxidation sites excluding steroid dienone is 5. The number of rotatable bonds is 3. The number of carbonyl (C=O) groups excluding carboxylic acids is 1. The molecule has 0 aliphatic carbocycles. The Bertz CT molecular complexity index is 3320. The van der Waals surface area contributed by atoms with Crippen LogP contribution in [-0.2, 0) is 77.2 Å². The number of hydrogen-bond acceptors (Lipinski definition) is 24. The SMILES string of the molecule is CC1=CC(=O)NS(=O)(=O)O1.CC1=CC([O-])=NS(=O)(=O)O1.CC1=CC([O-])=NS(=O)(=O)O1.CC1=CC([O-])=NS(=O)(=O)O1.CC1=CC([O-])=NS(=O)(=O)O1.CN1CCCC1c1cccnc1.C[NH+]1CCCC1c1cccnc1.C[NH+]1CCCC1c1cccnc1.Cl.[K+].[K+]. The fourth-order valence-corrected chi connectivity index (χ4v) is 12.1. The van der Waals surface area contributed by atoms with E-state index in [2.05, 4.69) is 97.7 Å². The van der Waals surface area contributed by atoms with Crippen molar-refractivity contribution < 1.29 is 201 Å². The van der Waals surface area contributed by atoms with E-state index in [-0.39, 0.29) is 144 Å². The van der Waals surface area contributed by atoms with Gasteiger partial charge in [0.1, 0.15) is 40.9 Å². The van der Waals surface area contributed by atoms with E-state index in [9.17, 15) is 67.3 Å². The number of halogens is 1. The van der Waals surface area contributed by atoms with E-state index in [1.54, 1.807) is 14.5 Å². The summed E-state index contributed by atoms with van der Waals surface area (Å²) in [6.45, 7) is 10.7. The summed E-state index contributed by atoms with van der Waals surface area (Å²) in [6.07, 6.45) is 24.5. The monoisotopic (exact) mass is 1410 g/mol. The molecule has 0 saturated carbocycles. The van der Waals surface area contributed by atoms with Crippen LogP contribution in [0.2, 0.25) is 0 Å². The minimum atomic E-state index is -3.97. The molecule has 0 aromatic carbocycles. The fourth-order valence-electron chi connectivity index (χ4n) is 8.61. The van der Waals surface area contributed by atoms with Gasteiger partial charge in [0, 0.05) is 110 Å². The average Bonchev–Trinajstić information content (AvgIpc) is 4.13. The van der Waals surface area contributed by atoms with Gasteiger partial charge in [-0.3, -0.25) is 24.6 Å². The van der Waals surface area contributed by atoms with Gasteiger partial charge in [-0.2, -0.15) is 42.1 Å². The van der Waals surface area contributed by atoms with Gasteiger partial charge in [0.15, 0.2) is 0 Å². The molecule has 31 nitrogen and oxygen atoms in total. The number of carbonyl (C=O) groups is 1. The number of nitrogens with one attached hydrogen (secondary N) is 3. The maximum absolute atomic E-state index is 10.5. The molecule has 0 spiro atoms. The summed E-state index contributed by atoms with van der Waals surface area (Å²) in [7, 11) is -13.0. The van der Waals surface area contributed by atoms with Gasteiger partial charge in [0.2, 0.25) is 0 Å². The Hall–Kier alpha value is -4.31. The maximum Gasteiger partial charge on any atom is 1.00 e. The molecule has 3 aromatic heterocycles. The number of quaternary nitrogens is 2. The average molecular weight is 1420 g/mol. The Morgan fingerprint density at radius 1 is 0.494 bits per heavy atom. The van der Waals surface area contributed by atoms with Crippen molar-refractivity contribution in [3.05, 3.63) is 149 Å². The standard InChI is InChI=1S/3C10H14N2.5C4H5NO4S.ClH.2K/c3*1-12-7-3-5-10(12)9-4-2-6-11-8-9;5*1-3-2-4(6)5-10(7,8)9-3;;;/h3*2,4,6,8,10H,3,5,7H2,1H3;5*2H,1H3,(H,5,6);1H;;/q;;;;;;;;;2*+1/p-2. The maximum atomic E-state index is 10.5. The van der Waals surface area contributed by atoms with E-state index in [0.717, 1.165) is 30.4 Å². The van der Waals surface area contributed by atoms with E-state index >= 15 is 0 Å². The van der Waals surface area contributed by atoms with Gasteiger partial charge in [0.05, 0.1) is 27.2 Å². The molecule has 8 aliphatic rings. The molecule has 3 saturated heterocycles. The van der Waals surface area contributed by atoms with Crippen molar-refractivity contribution in [3.8, 4) is 0 Å². The van der Waals surface area contributed by atoms with Crippen LogP contribution < -0.4 is 138 Å². The second-order valence-corrected chi connectivity index (χ2v) is 25.2. The molecule has 3 N–H and O–H groups in total. The van der Waals surface area contributed by atoms with Crippen LogP contribution in [-0.4, -0.2) is 132 Å². The molecule has 5 atom stereocenters. The molecule has 5 unspecified atom stereocenters. The summed E-state index contributed by atoms with van der Waals surface area (Å²) in [5.74, 6) is -3.65. The summed E-state index contributed by atoms with van der Waals surface area (Å²) < 4.78 is 138. The first-order chi connectivity index (χ1) is 40.1. The minimum Gasteiger partial charge on any atom is -0.858 e. The van der Waals surface area contributed by atoms with Crippen molar-refractivity contribution in [1.29, 1.82) is 0 Å². The summed E-state index contributed by atoms with van der Waals surface area (Å²) in [6, 6.07) is 14.6. The van der Waals surface area contributed by atoms with Gasteiger partial charge in [-0.15, -0.1) is 30.0 Å². The third-order valence-corrected chi connectivity index (χ3v) is 16.4. The Balaban J connectivity index is 0.000000507. The van der Waals surface area contributed by atoms with Crippen molar-refractivity contribution in [2.24, 2.45) is 17.6 Å². The van der Waals surface area contributed by atoms with Crippen LogP contribution in [0.3, 0.4) is 0 Å². The van der Waals surface area contributed by atoms with Crippen LogP contribution in [0.15, 0.2) is 150 Å². The Labute approximate surface area is 610 Å². The topological polar surface area (TPSA) is 438 Å². The quantitative estimate of drug-likeness (QED) is 0.205. The number of amides is 1. The van der Waals surface area contributed by atoms with E-state index < -0.39 is 81.0 Å². The van der Waals surface area contributed by atoms with E-state index in [1.165, 1.54) is 109 Å². The van der Waals surface area contributed by atoms with Crippen LogP contribution in [0.5, 0.6) is 0 Å². The van der Waals surface area contributed by atoms with Crippen LogP contribution in [0.4, 0.5) is 0 Å². The van der Waals surface area contributed by atoms with Crippen LogP contribution in [0, 0.1) is 0 Å². The number of hydrogen-bond donors (Lipinski definition) is 3. The molecule has 3 fully saturated rings. The van der Waals surface area contributed by atoms with Gasteiger partial charge < -0.3 is 51.1 Å². The molecule has 8 aliphatic heterocycles. The first-order valence-corrected chi connectivity index (χ1v) is 32.6. The fraction of sp³-hybridized carbons (Fsp3) is 0.400.